The highest BCUT2D eigenvalue weighted by Gasteiger charge is 2.12. The quantitative estimate of drug-likeness (QED) is 0.536. The number of H-pyrrole nitrogens is 1. The molecule has 0 fully saturated rings. The highest BCUT2D eigenvalue weighted by molar-refractivity contribution is 5.78. The molecule has 4 aromatic rings. The Kier molecular flexibility index (Phi) is 4.72. The summed E-state index contributed by atoms with van der Waals surface area (Å²) in [5.74, 6) is 0.474. The Morgan fingerprint density at radius 1 is 1.29 bits per heavy atom. The number of hydrogen-bond donors (Lipinski definition) is 2. The lowest BCUT2D eigenvalue weighted by Crippen LogP contribution is -1.98. The van der Waals surface area contributed by atoms with Crippen molar-refractivity contribution in [3.63, 3.8) is 0 Å². The van der Waals surface area contributed by atoms with E-state index in [1.807, 2.05) is 42.1 Å². The van der Waals surface area contributed by atoms with Crippen LogP contribution in [0.15, 0.2) is 36.7 Å². The first kappa shape index (κ1) is 17.7. The summed E-state index contributed by atoms with van der Waals surface area (Å²) in [5.41, 5.74) is 4.84. The van der Waals surface area contributed by atoms with Gasteiger partial charge in [-0.05, 0) is 25.0 Å². The fourth-order valence-electron chi connectivity index (χ4n) is 3.13. The van der Waals surface area contributed by atoms with Gasteiger partial charge in [0.25, 0.3) is 0 Å². The molecule has 0 spiro atoms. The van der Waals surface area contributed by atoms with Crippen molar-refractivity contribution in [3.05, 3.63) is 59.2 Å². The van der Waals surface area contributed by atoms with Gasteiger partial charge in [0.2, 0.25) is 5.95 Å². The van der Waals surface area contributed by atoms with Crippen LogP contribution < -0.4 is 5.32 Å². The zero-order valence-electron chi connectivity index (χ0n) is 15.8. The summed E-state index contributed by atoms with van der Waals surface area (Å²) in [6, 6.07) is 9.77. The molecule has 0 aliphatic heterocycles. The van der Waals surface area contributed by atoms with Gasteiger partial charge >= 0.3 is 0 Å². The standard InChI is InChI=1S/C20H20N8/c1-3-8-28-12-18(13(2)27-28)23-20-22-11-16-17(25-26-19(16)24-20)9-14-6-4-5-7-15(14)10-21/h4-7,11-12H,3,8-9H2,1-2H3,(H2,22,23,24,25,26). The molecule has 8 nitrogen and oxygen atoms in total. The first-order valence-electron chi connectivity index (χ1n) is 9.17. The van der Waals surface area contributed by atoms with Crippen LogP contribution in [0.3, 0.4) is 0 Å². The molecule has 8 heteroatoms. The molecule has 0 unspecified atom stereocenters. The molecule has 0 bridgehead atoms. The van der Waals surface area contributed by atoms with Crippen LogP contribution in [0, 0.1) is 18.3 Å². The number of rotatable bonds is 6. The van der Waals surface area contributed by atoms with E-state index in [0.29, 0.717) is 23.6 Å². The van der Waals surface area contributed by atoms with Gasteiger partial charge in [-0.1, -0.05) is 25.1 Å². The highest BCUT2D eigenvalue weighted by Crippen LogP contribution is 2.22. The Hall–Kier alpha value is -3.73. The van der Waals surface area contributed by atoms with Crippen LogP contribution in [0.4, 0.5) is 11.6 Å². The van der Waals surface area contributed by atoms with Gasteiger partial charge in [-0.15, -0.1) is 0 Å². The lowest BCUT2D eigenvalue weighted by atomic mass is 10.0. The number of nitriles is 1. The summed E-state index contributed by atoms with van der Waals surface area (Å²) in [6.07, 6.45) is 5.30. The van der Waals surface area contributed by atoms with Gasteiger partial charge in [0.15, 0.2) is 5.65 Å². The first-order valence-corrected chi connectivity index (χ1v) is 9.17. The van der Waals surface area contributed by atoms with Crippen LogP contribution in [-0.2, 0) is 13.0 Å². The van der Waals surface area contributed by atoms with Crippen LogP contribution in [-0.4, -0.2) is 29.9 Å². The number of nitrogens with zero attached hydrogens (tertiary/aromatic N) is 6. The van der Waals surface area contributed by atoms with Gasteiger partial charge < -0.3 is 5.32 Å². The van der Waals surface area contributed by atoms with E-state index < -0.39 is 0 Å². The lowest BCUT2D eigenvalue weighted by molar-refractivity contribution is 0.598. The topological polar surface area (TPSA) is 108 Å². The molecule has 1 aromatic carbocycles. The van der Waals surface area contributed by atoms with Crippen LogP contribution in [0.1, 0.15) is 35.9 Å². The molecule has 3 aromatic heterocycles. The number of anilines is 2. The predicted molar refractivity (Wildman–Crippen MR) is 106 cm³/mol. The number of aromatic nitrogens is 6. The maximum atomic E-state index is 9.28. The molecular formula is C20H20N8. The monoisotopic (exact) mass is 372 g/mol. The molecule has 0 saturated heterocycles. The normalized spacial score (nSPS) is 10.9. The largest absolute Gasteiger partial charge is 0.321 e. The minimum Gasteiger partial charge on any atom is -0.321 e. The molecule has 0 saturated carbocycles. The fraction of sp³-hybridized carbons (Fsp3) is 0.250. The highest BCUT2D eigenvalue weighted by atomic mass is 15.3. The van der Waals surface area contributed by atoms with Crippen molar-refractivity contribution < 1.29 is 0 Å². The van der Waals surface area contributed by atoms with Gasteiger partial charge in [-0.3, -0.25) is 9.78 Å². The molecule has 140 valence electrons. The summed E-state index contributed by atoms with van der Waals surface area (Å²) >= 11 is 0. The van der Waals surface area contributed by atoms with E-state index in [1.54, 1.807) is 6.20 Å². The number of hydrogen-bond acceptors (Lipinski definition) is 6. The number of fused-ring (bicyclic) bond motifs is 1. The second-order valence-corrected chi connectivity index (χ2v) is 6.60. The van der Waals surface area contributed by atoms with Gasteiger partial charge in [0, 0.05) is 25.4 Å². The number of nitrogens with one attached hydrogen (secondary N) is 2. The maximum absolute atomic E-state index is 9.28. The first-order chi connectivity index (χ1) is 13.7. The van der Waals surface area contributed by atoms with Crippen molar-refractivity contribution in [2.45, 2.75) is 33.2 Å². The number of aryl methyl sites for hydroxylation is 2. The van der Waals surface area contributed by atoms with Crippen LogP contribution in [0.5, 0.6) is 0 Å². The molecule has 2 N–H and O–H groups in total. The van der Waals surface area contributed by atoms with Crippen molar-refractivity contribution in [2.75, 3.05) is 5.32 Å². The molecule has 0 aliphatic rings. The van der Waals surface area contributed by atoms with E-state index in [0.717, 1.165) is 41.0 Å². The van der Waals surface area contributed by atoms with Gasteiger partial charge in [-0.25, -0.2) is 4.98 Å². The van der Waals surface area contributed by atoms with Crippen molar-refractivity contribution in [2.24, 2.45) is 0 Å². The van der Waals surface area contributed by atoms with E-state index in [-0.39, 0.29) is 0 Å². The van der Waals surface area contributed by atoms with E-state index in [4.69, 9.17) is 0 Å². The minimum atomic E-state index is 0.474. The minimum absolute atomic E-state index is 0.474. The van der Waals surface area contributed by atoms with Crippen LogP contribution in [0.2, 0.25) is 0 Å². The lowest BCUT2D eigenvalue weighted by Gasteiger charge is -2.04. The second-order valence-electron chi connectivity index (χ2n) is 6.60. The molecule has 0 radical (unpaired) electrons. The zero-order chi connectivity index (χ0) is 19.5. The molecular weight excluding hydrogens is 352 g/mol. The third-order valence-corrected chi connectivity index (χ3v) is 4.54. The van der Waals surface area contributed by atoms with E-state index >= 15 is 0 Å². The average Bonchev–Trinajstić information content (AvgIpc) is 3.25. The van der Waals surface area contributed by atoms with Crippen molar-refractivity contribution in [3.8, 4) is 6.07 Å². The third kappa shape index (κ3) is 3.42. The summed E-state index contributed by atoms with van der Waals surface area (Å²) in [7, 11) is 0. The van der Waals surface area contributed by atoms with E-state index in [1.165, 1.54) is 0 Å². The summed E-state index contributed by atoms with van der Waals surface area (Å²) in [6.45, 7) is 4.94. The van der Waals surface area contributed by atoms with Crippen molar-refractivity contribution in [1.29, 1.82) is 5.26 Å². The Bertz CT molecular complexity index is 1160. The van der Waals surface area contributed by atoms with Gasteiger partial charge in [0.05, 0.1) is 34.1 Å². The Morgan fingerprint density at radius 2 is 2.14 bits per heavy atom. The maximum Gasteiger partial charge on any atom is 0.229 e. The van der Waals surface area contributed by atoms with Crippen LogP contribution >= 0.6 is 0 Å². The van der Waals surface area contributed by atoms with E-state index in [2.05, 4.69) is 43.6 Å². The Balaban J connectivity index is 1.59. The Labute approximate surface area is 162 Å². The van der Waals surface area contributed by atoms with Gasteiger partial charge in [-0.2, -0.15) is 20.4 Å². The van der Waals surface area contributed by atoms with Crippen molar-refractivity contribution in [1.82, 2.24) is 29.9 Å². The zero-order valence-corrected chi connectivity index (χ0v) is 15.8. The average molecular weight is 372 g/mol. The molecule has 3 heterocycles. The predicted octanol–water partition coefficient (Wildman–Crippen LogP) is 3.47. The summed E-state index contributed by atoms with van der Waals surface area (Å²) in [4.78, 5) is 8.94. The molecule has 4 rings (SSSR count). The smallest absolute Gasteiger partial charge is 0.229 e. The molecule has 0 aliphatic carbocycles. The summed E-state index contributed by atoms with van der Waals surface area (Å²) in [5, 5.41) is 25.2. The molecule has 28 heavy (non-hydrogen) atoms. The van der Waals surface area contributed by atoms with Crippen molar-refractivity contribution >= 4 is 22.7 Å². The van der Waals surface area contributed by atoms with Crippen LogP contribution in [0.25, 0.3) is 11.0 Å². The second kappa shape index (κ2) is 7.48. The SMILES string of the molecule is CCCn1cc(Nc2ncc3c(Cc4ccccc4C#N)[nH]nc3n2)c(C)n1. The fourth-order valence-corrected chi connectivity index (χ4v) is 3.13. The number of aromatic amines is 1. The Morgan fingerprint density at radius 3 is 2.96 bits per heavy atom. The van der Waals surface area contributed by atoms with E-state index in [9.17, 15) is 5.26 Å². The molecule has 0 atom stereocenters. The summed E-state index contributed by atoms with van der Waals surface area (Å²) < 4.78 is 1.91. The third-order valence-electron chi connectivity index (χ3n) is 4.54. The molecule has 0 amide bonds. The number of benzene rings is 1. The van der Waals surface area contributed by atoms with Gasteiger partial charge in [0.1, 0.15) is 0 Å².